The van der Waals surface area contributed by atoms with Gasteiger partial charge in [-0.2, -0.15) is 0 Å². The van der Waals surface area contributed by atoms with Crippen LogP contribution in [0.5, 0.6) is 0 Å². The summed E-state index contributed by atoms with van der Waals surface area (Å²) < 4.78 is 12.9. The van der Waals surface area contributed by atoms with Gasteiger partial charge in [-0.05, 0) is 18.2 Å². The SMILES string of the molecule is CCN(C/C(N)=N/O)Cc1cncc(F)c1. The summed E-state index contributed by atoms with van der Waals surface area (Å²) in [6, 6.07) is 1.42. The molecule has 0 radical (unpaired) electrons. The van der Waals surface area contributed by atoms with E-state index in [0.29, 0.717) is 19.6 Å². The van der Waals surface area contributed by atoms with Crippen molar-refractivity contribution in [1.82, 2.24) is 9.88 Å². The molecule has 1 heterocycles. The molecule has 16 heavy (non-hydrogen) atoms. The Morgan fingerprint density at radius 2 is 2.38 bits per heavy atom. The zero-order valence-corrected chi connectivity index (χ0v) is 9.10. The van der Waals surface area contributed by atoms with Crippen molar-refractivity contribution < 1.29 is 9.60 Å². The minimum Gasteiger partial charge on any atom is -0.409 e. The number of aromatic nitrogens is 1. The van der Waals surface area contributed by atoms with Crippen molar-refractivity contribution in [2.24, 2.45) is 10.9 Å². The largest absolute Gasteiger partial charge is 0.409 e. The highest BCUT2D eigenvalue weighted by molar-refractivity contribution is 5.81. The van der Waals surface area contributed by atoms with Crippen molar-refractivity contribution in [3.63, 3.8) is 0 Å². The van der Waals surface area contributed by atoms with Crippen molar-refractivity contribution in [1.29, 1.82) is 0 Å². The molecular weight excluding hydrogens is 211 g/mol. The molecule has 1 rings (SSSR count). The lowest BCUT2D eigenvalue weighted by atomic mass is 10.2. The standard InChI is InChI=1S/C10H15FN4O/c1-2-15(7-10(12)14-16)6-8-3-9(11)5-13-4-8/h3-5,16H,2,6-7H2,1H3,(H2,12,14). The molecule has 1 aromatic heterocycles. The quantitative estimate of drug-likeness (QED) is 0.337. The Hall–Kier alpha value is -1.69. The predicted molar refractivity (Wildman–Crippen MR) is 58.6 cm³/mol. The number of pyridine rings is 1. The topological polar surface area (TPSA) is 74.7 Å². The number of hydrogen-bond donors (Lipinski definition) is 2. The molecule has 0 amide bonds. The summed E-state index contributed by atoms with van der Waals surface area (Å²) in [4.78, 5) is 5.67. The van der Waals surface area contributed by atoms with Crippen LogP contribution in [0.2, 0.25) is 0 Å². The summed E-state index contributed by atoms with van der Waals surface area (Å²) in [7, 11) is 0. The number of nitrogens with two attached hydrogens (primary N) is 1. The van der Waals surface area contributed by atoms with Crippen LogP contribution < -0.4 is 5.73 Å². The fourth-order valence-electron chi connectivity index (χ4n) is 1.34. The molecule has 5 nitrogen and oxygen atoms in total. The van der Waals surface area contributed by atoms with E-state index in [1.807, 2.05) is 11.8 Å². The maximum absolute atomic E-state index is 12.9. The average molecular weight is 226 g/mol. The van der Waals surface area contributed by atoms with E-state index in [2.05, 4.69) is 10.1 Å². The van der Waals surface area contributed by atoms with Crippen LogP contribution in [0.15, 0.2) is 23.6 Å². The highest BCUT2D eigenvalue weighted by atomic mass is 19.1. The Labute approximate surface area is 93.4 Å². The third-order valence-electron chi connectivity index (χ3n) is 2.13. The van der Waals surface area contributed by atoms with E-state index < -0.39 is 0 Å². The van der Waals surface area contributed by atoms with Crippen molar-refractivity contribution in [2.45, 2.75) is 13.5 Å². The lowest BCUT2D eigenvalue weighted by Crippen LogP contribution is -2.33. The van der Waals surface area contributed by atoms with Crippen molar-refractivity contribution >= 4 is 5.84 Å². The minimum atomic E-state index is -0.364. The lowest BCUT2D eigenvalue weighted by molar-refractivity contribution is 0.294. The van der Waals surface area contributed by atoms with Gasteiger partial charge in [0.05, 0.1) is 12.7 Å². The molecule has 1 aromatic rings. The molecule has 0 aromatic carbocycles. The van der Waals surface area contributed by atoms with Gasteiger partial charge in [-0.25, -0.2) is 4.39 Å². The van der Waals surface area contributed by atoms with Crippen LogP contribution in [-0.2, 0) is 6.54 Å². The van der Waals surface area contributed by atoms with E-state index in [1.165, 1.54) is 6.07 Å². The van der Waals surface area contributed by atoms with Gasteiger partial charge in [0.15, 0.2) is 5.84 Å². The van der Waals surface area contributed by atoms with Crippen LogP contribution in [0.4, 0.5) is 4.39 Å². The Balaban J connectivity index is 2.63. The molecule has 6 heteroatoms. The normalized spacial score (nSPS) is 12.1. The summed E-state index contributed by atoms with van der Waals surface area (Å²) in [5.74, 6) is -0.233. The first-order valence-electron chi connectivity index (χ1n) is 4.94. The molecule has 0 aliphatic carbocycles. The second-order valence-corrected chi connectivity index (χ2v) is 3.41. The van der Waals surface area contributed by atoms with Gasteiger partial charge in [-0.15, -0.1) is 0 Å². The summed E-state index contributed by atoms with van der Waals surface area (Å²) >= 11 is 0. The smallest absolute Gasteiger partial charge is 0.153 e. The first kappa shape index (κ1) is 12.4. The molecular formula is C10H15FN4O. The predicted octanol–water partition coefficient (Wildman–Crippen LogP) is 0.789. The van der Waals surface area contributed by atoms with E-state index >= 15 is 0 Å². The highest BCUT2D eigenvalue weighted by Gasteiger charge is 2.07. The number of likely N-dealkylation sites (N-methyl/N-ethyl adjacent to an activating group) is 1. The number of oxime groups is 1. The maximum atomic E-state index is 12.9. The van der Waals surface area contributed by atoms with Crippen LogP contribution >= 0.6 is 0 Å². The first-order valence-corrected chi connectivity index (χ1v) is 4.94. The third-order valence-corrected chi connectivity index (χ3v) is 2.13. The minimum absolute atomic E-state index is 0.131. The zero-order valence-electron chi connectivity index (χ0n) is 9.10. The highest BCUT2D eigenvalue weighted by Crippen LogP contribution is 2.04. The van der Waals surface area contributed by atoms with Crippen LogP contribution in [0.1, 0.15) is 12.5 Å². The number of rotatable bonds is 5. The Morgan fingerprint density at radius 3 is 2.94 bits per heavy atom. The van der Waals surface area contributed by atoms with Gasteiger partial charge < -0.3 is 10.9 Å². The van der Waals surface area contributed by atoms with Gasteiger partial charge in [-0.3, -0.25) is 9.88 Å². The van der Waals surface area contributed by atoms with Gasteiger partial charge in [0.1, 0.15) is 5.82 Å². The molecule has 88 valence electrons. The van der Waals surface area contributed by atoms with Gasteiger partial charge in [0.25, 0.3) is 0 Å². The van der Waals surface area contributed by atoms with Crippen LogP contribution in [0.3, 0.4) is 0 Å². The molecule has 0 fully saturated rings. The summed E-state index contributed by atoms with van der Waals surface area (Å²) in [6.45, 7) is 3.51. The zero-order chi connectivity index (χ0) is 12.0. The molecule has 0 spiro atoms. The fraction of sp³-hybridized carbons (Fsp3) is 0.400. The second-order valence-electron chi connectivity index (χ2n) is 3.41. The molecule has 0 aliphatic rings. The third kappa shape index (κ3) is 3.82. The number of amidine groups is 1. The van der Waals surface area contributed by atoms with Gasteiger partial charge in [-0.1, -0.05) is 12.1 Å². The Bertz CT molecular complexity index is 370. The molecule has 0 aliphatic heterocycles. The summed E-state index contributed by atoms with van der Waals surface area (Å²) in [5, 5.41) is 11.4. The van der Waals surface area contributed by atoms with Gasteiger partial charge in [0, 0.05) is 12.7 Å². The lowest BCUT2D eigenvalue weighted by Gasteiger charge is -2.19. The van der Waals surface area contributed by atoms with Crippen molar-refractivity contribution in [3.05, 3.63) is 29.8 Å². The van der Waals surface area contributed by atoms with Crippen molar-refractivity contribution in [3.8, 4) is 0 Å². The Kier molecular flexibility index (Phi) is 4.65. The van der Waals surface area contributed by atoms with Crippen LogP contribution in [0, 0.1) is 5.82 Å². The maximum Gasteiger partial charge on any atom is 0.153 e. The number of nitrogens with zero attached hydrogens (tertiary/aromatic N) is 3. The molecule has 0 atom stereocenters. The summed E-state index contributed by atoms with van der Waals surface area (Å²) in [5.41, 5.74) is 6.16. The van der Waals surface area contributed by atoms with E-state index in [-0.39, 0.29) is 11.7 Å². The van der Waals surface area contributed by atoms with Gasteiger partial charge >= 0.3 is 0 Å². The van der Waals surface area contributed by atoms with Crippen LogP contribution in [0.25, 0.3) is 0 Å². The van der Waals surface area contributed by atoms with Crippen molar-refractivity contribution in [2.75, 3.05) is 13.1 Å². The van der Waals surface area contributed by atoms with E-state index in [9.17, 15) is 4.39 Å². The van der Waals surface area contributed by atoms with E-state index in [0.717, 1.165) is 11.8 Å². The molecule has 0 saturated carbocycles. The number of hydrogen-bond acceptors (Lipinski definition) is 4. The molecule has 0 saturated heterocycles. The second kappa shape index (κ2) is 6.02. The van der Waals surface area contributed by atoms with E-state index in [4.69, 9.17) is 10.9 Å². The van der Waals surface area contributed by atoms with E-state index in [1.54, 1.807) is 6.20 Å². The van der Waals surface area contributed by atoms with Gasteiger partial charge in [0.2, 0.25) is 0 Å². The summed E-state index contributed by atoms with van der Waals surface area (Å²) in [6.07, 6.45) is 2.75. The monoisotopic (exact) mass is 226 g/mol. The molecule has 0 bridgehead atoms. The van der Waals surface area contributed by atoms with Crippen LogP contribution in [-0.4, -0.2) is 34.0 Å². The first-order chi connectivity index (χ1) is 7.65. The fourth-order valence-corrected chi connectivity index (χ4v) is 1.34. The molecule has 3 N–H and O–H groups in total. The Morgan fingerprint density at radius 1 is 1.62 bits per heavy atom. The number of halogens is 1. The average Bonchev–Trinajstić information content (AvgIpc) is 2.28. The molecule has 0 unspecified atom stereocenters.